The highest BCUT2D eigenvalue weighted by atomic mass is 32.2. The summed E-state index contributed by atoms with van der Waals surface area (Å²) in [4.78, 5) is 1.23. The lowest BCUT2D eigenvalue weighted by atomic mass is 10.1. The Morgan fingerprint density at radius 1 is 1.17 bits per heavy atom. The van der Waals surface area contributed by atoms with E-state index in [-0.39, 0.29) is 0 Å². The van der Waals surface area contributed by atoms with Crippen LogP contribution in [0, 0.1) is 6.07 Å². The first-order valence-electron chi connectivity index (χ1n) is 3.85. The first kappa shape index (κ1) is 7.69. The first-order valence-corrected chi connectivity index (χ1v) is 5.08. The van der Waals surface area contributed by atoms with Crippen LogP contribution in [-0.4, -0.2) is 6.26 Å². The van der Waals surface area contributed by atoms with Gasteiger partial charge in [-0.25, -0.2) is 0 Å². The van der Waals surface area contributed by atoms with E-state index in [1.165, 1.54) is 15.7 Å². The van der Waals surface area contributed by atoms with Gasteiger partial charge in [-0.15, -0.1) is 11.8 Å². The summed E-state index contributed by atoms with van der Waals surface area (Å²) in [7, 11) is 0. The molecule has 0 aliphatic rings. The van der Waals surface area contributed by atoms with E-state index < -0.39 is 0 Å². The van der Waals surface area contributed by atoms with Crippen molar-refractivity contribution in [2.45, 2.75) is 4.90 Å². The Morgan fingerprint density at radius 2 is 2.00 bits per heavy atom. The van der Waals surface area contributed by atoms with Crippen molar-refractivity contribution in [2.75, 3.05) is 6.26 Å². The molecule has 0 nitrogen and oxygen atoms in total. The van der Waals surface area contributed by atoms with Crippen LogP contribution in [0.25, 0.3) is 10.8 Å². The Balaban J connectivity index is 2.79. The van der Waals surface area contributed by atoms with Crippen molar-refractivity contribution in [3.8, 4) is 0 Å². The van der Waals surface area contributed by atoms with Gasteiger partial charge in [-0.2, -0.15) is 0 Å². The topological polar surface area (TPSA) is 0 Å². The molecule has 0 aliphatic heterocycles. The highest BCUT2D eigenvalue weighted by Gasteiger charge is 1.96. The summed E-state index contributed by atoms with van der Waals surface area (Å²) in [5.41, 5.74) is 0. The second-order valence-corrected chi connectivity index (χ2v) is 3.41. The minimum absolute atomic E-state index is 1.23. The highest BCUT2D eigenvalue weighted by Crippen LogP contribution is 2.24. The number of thioether (sulfide) groups is 1. The largest absolute Gasteiger partial charge is 0.128 e. The van der Waals surface area contributed by atoms with Crippen LogP contribution in [0.4, 0.5) is 0 Å². The number of fused-ring (bicyclic) bond motifs is 1. The lowest BCUT2D eigenvalue weighted by molar-refractivity contribution is 1.53. The molecule has 0 aliphatic carbocycles. The molecule has 0 spiro atoms. The van der Waals surface area contributed by atoms with Gasteiger partial charge in [0.25, 0.3) is 0 Å². The van der Waals surface area contributed by atoms with Gasteiger partial charge in [0, 0.05) is 4.90 Å². The second-order valence-electron chi connectivity index (χ2n) is 2.60. The zero-order chi connectivity index (χ0) is 8.39. The van der Waals surface area contributed by atoms with Gasteiger partial charge in [-0.1, -0.05) is 36.4 Å². The molecule has 0 bridgehead atoms. The number of rotatable bonds is 1. The quantitative estimate of drug-likeness (QED) is 0.596. The summed E-state index contributed by atoms with van der Waals surface area (Å²) < 4.78 is 0. The monoisotopic (exact) mass is 173 g/mol. The molecule has 59 valence electrons. The number of benzene rings is 2. The maximum atomic E-state index is 3.22. The lowest BCUT2D eigenvalue weighted by Gasteiger charge is -2.01. The molecule has 2 aromatic carbocycles. The van der Waals surface area contributed by atoms with Gasteiger partial charge in [0.1, 0.15) is 0 Å². The SMILES string of the molecule is CSc1[c]ccc2ccccc12. The van der Waals surface area contributed by atoms with Crippen LogP contribution >= 0.6 is 11.8 Å². The van der Waals surface area contributed by atoms with Crippen molar-refractivity contribution in [3.63, 3.8) is 0 Å². The van der Waals surface area contributed by atoms with Crippen molar-refractivity contribution in [1.29, 1.82) is 0 Å². The van der Waals surface area contributed by atoms with Gasteiger partial charge in [0.2, 0.25) is 0 Å². The maximum Gasteiger partial charge on any atom is 0.0226 e. The van der Waals surface area contributed by atoms with Gasteiger partial charge in [-0.3, -0.25) is 0 Å². The summed E-state index contributed by atoms with van der Waals surface area (Å²) >= 11 is 1.74. The third-order valence-electron chi connectivity index (χ3n) is 1.89. The Labute approximate surface area is 76.6 Å². The predicted molar refractivity (Wildman–Crippen MR) is 54.6 cm³/mol. The fourth-order valence-electron chi connectivity index (χ4n) is 1.30. The van der Waals surface area contributed by atoms with Gasteiger partial charge in [0.15, 0.2) is 0 Å². The molecule has 0 fully saturated rings. The molecule has 2 rings (SSSR count). The molecule has 2 aromatic rings. The molecule has 1 heteroatoms. The van der Waals surface area contributed by atoms with E-state index in [4.69, 9.17) is 0 Å². The molecular formula is C11H9S. The fraction of sp³-hybridized carbons (Fsp3) is 0.0909. The molecule has 0 amide bonds. The van der Waals surface area contributed by atoms with Crippen LogP contribution in [0.15, 0.2) is 41.3 Å². The molecule has 0 heterocycles. The van der Waals surface area contributed by atoms with Crippen molar-refractivity contribution in [1.82, 2.24) is 0 Å². The van der Waals surface area contributed by atoms with Crippen LogP contribution in [0.2, 0.25) is 0 Å². The summed E-state index contributed by atoms with van der Waals surface area (Å²) in [6.45, 7) is 0. The Bertz CT molecular complexity index is 388. The van der Waals surface area contributed by atoms with Crippen LogP contribution in [0.5, 0.6) is 0 Å². The summed E-state index contributed by atoms with van der Waals surface area (Å²) in [6, 6.07) is 15.7. The van der Waals surface area contributed by atoms with E-state index in [1.54, 1.807) is 11.8 Å². The fourth-order valence-corrected chi connectivity index (χ4v) is 1.89. The standard InChI is InChI=1S/C11H9S/c1-12-11-8-4-6-9-5-2-3-7-10(9)11/h2-7H,1H3. The van der Waals surface area contributed by atoms with Crippen molar-refractivity contribution in [2.24, 2.45) is 0 Å². The third kappa shape index (κ3) is 1.21. The highest BCUT2D eigenvalue weighted by molar-refractivity contribution is 7.98. The molecular weight excluding hydrogens is 164 g/mol. The molecule has 0 N–H and O–H groups in total. The second kappa shape index (κ2) is 3.20. The maximum absolute atomic E-state index is 3.22. The van der Waals surface area contributed by atoms with E-state index in [0.717, 1.165) is 0 Å². The van der Waals surface area contributed by atoms with Gasteiger partial charge < -0.3 is 0 Å². The molecule has 0 saturated carbocycles. The predicted octanol–water partition coefficient (Wildman–Crippen LogP) is 3.36. The molecule has 0 unspecified atom stereocenters. The zero-order valence-electron chi connectivity index (χ0n) is 6.87. The van der Waals surface area contributed by atoms with Gasteiger partial charge in [-0.05, 0) is 23.1 Å². The van der Waals surface area contributed by atoms with E-state index in [0.29, 0.717) is 0 Å². The van der Waals surface area contributed by atoms with Crippen LogP contribution in [0.1, 0.15) is 0 Å². The third-order valence-corrected chi connectivity index (χ3v) is 2.63. The first-order chi connectivity index (χ1) is 5.92. The smallest absolute Gasteiger partial charge is 0.0226 e. The Morgan fingerprint density at radius 3 is 2.83 bits per heavy atom. The average molecular weight is 173 g/mol. The summed E-state index contributed by atoms with van der Waals surface area (Å²) in [5, 5.41) is 2.59. The minimum atomic E-state index is 1.23. The summed E-state index contributed by atoms with van der Waals surface area (Å²) in [6.07, 6.45) is 2.08. The number of hydrogen-bond acceptors (Lipinski definition) is 1. The normalized spacial score (nSPS) is 10.4. The van der Waals surface area contributed by atoms with Gasteiger partial charge >= 0.3 is 0 Å². The molecule has 1 radical (unpaired) electrons. The van der Waals surface area contributed by atoms with E-state index in [2.05, 4.69) is 42.7 Å². The van der Waals surface area contributed by atoms with Crippen LogP contribution in [0.3, 0.4) is 0 Å². The molecule has 12 heavy (non-hydrogen) atoms. The van der Waals surface area contributed by atoms with Crippen LogP contribution in [-0.2, 0) is 0 Å². The minimum Gasteiger partial charge on any atom is -0.128 e. The Kier molecular flexibility index (Phi) is 2.05. The number of hydrogen-bond donors (Lipinski definition) is 0. The summed E-state index contributed by atoms with van der Waals surface area (Å²) in [5.74, 6) is 0. The van der Waals surface area contributed by atoms with E-state index in [1.807, 2.05) is 6.07 Å². The van der Waals surface area contributed by atoms with Crippen molar-refractivity contribution < 1.29 is 0 Å². The molecule has 0 atom stereocenters. The van der Waals surface area contributed by atoms with Crippen molar-refractivity contribution in [3.05, 3.63) is 42.5 Å². The van der Waals surface area contributed by atoms with Gasteiger partial charge in [0.05, 0.1) is 0 Å². The van der Waals surface area contributed by atoms with E-state index in [9.17, 15) is 0 Å². The average Bonchev–Trinajstić information content (AvgIpc) is 2.17. The van der Waals surface area contributed by atoms with Crippen LogP contribution < -0.4 is 0 Å². The zero-order valence-corrected chi connectivity index (χ0v) is 7.69. The Hall–Kier alpha value is -0.950. The van der Waals surface area contributed by atoms with Crippen molar-refractivity contribution >= 4 is 22.5 Å². The molecule has 0 aromatic heterocycles. The van der Waals surface area contributed by atoms with E-state index >= 15 is 0 Å². The lowest BCUT2D eigenvalue weighted by Crippen LogP contribution is -1.75. The molecule has 0 saturated heterocycles.